The Hall–Kier alpha value is -0.710. The van der Waals surface area contributed by atoms with Gasteiger partial charge in [-0.1, -0.05) is 34.3 Å². The van der Waals surface area contributed by atoms with Crippen LogP contribution in [0.15, 0.2) is 40.1 Å². The summed E-state index contributed by atoms with van der Waals surface area (Å²) >= 11 is 3.69. The van der Waals surface area contributed by atoms with Crippen LogP contribution in [0.4, 0.5) is 0 Å². The molecule has 2 unspecified atom stereocenters. The molecule has 0 aromatic heterocycles. The Labute approximate surface area is 162 Å². The Morgan fingerprint density at radius 2 is 1.88 bits per heavy atom. The van der Waals surface area contributed by atoms with Gasteiger partial charge in [0.05, 0.1) is 23.5 Å². The molecule has 1 saturated heterocycles. The summed E-state index contributed by atoms with van der Waals surface area (Å²) in [6, 6.07) is 0. The third-order valence-electron chi connectivity index (χ3n) is 5.43. The van der Waals surface area contributed by atoms with E-state index in [1.54, 1.807) is 0 Å². The maximum Gasteiger partial charge on any atom is 0.0864 e. The fourth-order valence-corrected chi connectivity index (χ4v) is 3.63. The van der Waals surface area contributed by atoms with Gasteiger partial charge in [0.15, 0.2) is 0 Å². The predicted molar refractivity (Wildman–Crippen MR) is 111 cm³/mol. The van der Waals surface area contributed by atoms with E-state index < -0.39 is 0 Å². The minimum atomic E-state index is 0.447. The third-order valence-corrected chi connectivity index (χ3v) is 6.38. The van der Waals surface area contributed by atoms with E-state index in [1.165, 1.54) is 16.7 Å². The van der Waals surface area contributed by atoms with E-state index in [0.29, 0.717) is 11.8 Å². The molecule has 0 amide bonds. The van der Waals surface area contributed by atoms with Crippen LogP contribution in [0.5, 0.6) is 0 Å². The van der Waals surface area contributed by atoms with E-state index >= 15 is 0 Å². The highest BCUT2D eigenvalue weighted by Gasteiger charge is 2.23. The van der Waals surface area contributed by atoms with E-state index in [1.807, 2.05) is 0 Å². The van der Waals surface area contributed by atoms with E-state index in [0.717, 1.165) is 62.4 Å². The monoisotopic (exact) mass is 408 g/mol. The normalized spacial score (nSPS) is 22.1. The van der Waals surface area contributed by atoms with Crippen LogP contribution in [0.3, 0.4) is 0 Å². The van der Waals surface area contributed by atoms with E-state index in [-0.39, 0.29) is 0 Å². The van der Waals surface area contributed by atoms with Crippen molar-refractivity contribution in [3.05, 3.63) is 35.1 Å². The van der Waals surface area contributed by atoms with Crippen molar-refractivity contribution in [3.63, 3.8) is 0 Å². The van der Waals surface area contributed by atoms with Gasteiger partial charge >= 0.3 is 0 Å². The molecule has 0 bridgehead atoms. The molecule has 1 aliphatic carbocycles. The first-order valence-electron chi connectivity index (χ1n) is 9.62. The standard InChI is InChI=1S/C21H33BrN2O/c1-6-15(3)17(5)19-12-18(14-24-8-10-25-11-9-24)13-20(19)23-21(22)16(4)7-2/h13,15-16H,5-12,14H2,1-4H3/b23-21+. The average molecular weight is 409 g/mol. The quantitative estimate of drug-likeness (QED) is 0.505. The maximum absolute atomic E-state index is 5.47. The number of halogens is 1. The Morgan fingerprint density at radius 1 is 1.24 bits per heavy atom. The molecule has 0 saturated carbocycles. The summed E-state index contributed by atoms with van der Waals surface area (Å²) in [4.78, 5) is 7.42. The molecule has 1 fully saturated rings. The Balaban J connectivity index is 2.20. The number of aliphatic imine (C=N–C) groups is 1. The van der Waals surface area contributed by atoms with Crippen molar-refractivity contribution >= 4 is 20.6 Å². The van der Waals surface area contributed by atoms with Crippen LogP contribution in [0.1, 0.15) is 47.0 Å². The first-order chi connectivity index (χ1) is 12.0. The highest BCUT2D eigenvalue weighted by Crippen LogP contribution is 2.36. The molecule has 1 aliphatic heterocycles. The number of hydrogen-bond acceptors (Lipinski definition) is 3. The van der Waals surface area contributed by atoms with Crippen LogP contribution in [0.2, 0.25) is 0 Å². The number of allylic oxidation sites excluding steroid dienone is 3. The van der Waals surface area contributed by atoms with Crippen molar-refractivity contribution in [2.45, 2.75) is 47.0 Å². The van der Waals surface area contributed by atoms with Crippen molar-refractivity contribution in [2.75, 3.05) is 32.8 Å². The summed E-state index contributed by atoms with van der Waals surface area (Å²) in [5.74, 6) is 0.945. The number of ether oxygens (including phenoxy) is 1. The molecule has 2 aliphatic rings. The Bertz CT molecular complexity index is 570. The Kier molecular flexibility index (Phi) is 8.11. The van der Waals surface area contributed by atoms with Gasteiger partial charge in [0.2, 0.25) is 0 Å². The fraction of sp³-hybridized carbons (Fsp3) is 0.667. The van der Waals surface area contributed by atoms with Crippen LogP contribution in [0.25, 0.3) is 0 Å². The number of morpholine rings is 1. The van der Waals surface area contributed by atoms with E-state index in [9.17, 15) is 0 Å². The second-order valence-corrected chi connectivity index (χ2v) is 8.12. The molecule has 3 nitrogen and oxygen atoms in total. The lowest BCUT2D eigenvalue weighted by Gasteiger charge is -2.27. The largest absolute Gasteiger partial charge is 0.379 e. The van der Waals surface area contributed by atoms with Gasteiger partial charge in [-0.05, 0) is 63.9 Å². The molecule has 0 aromatic rings. The highest BCUT2D eigenvalue weighted by molar-refractivity contribution is 9.18. The van der Waals surface area contributed by atoms with Gasteiger partial charge in [0, 0.05) is 25.6 Å². The molecule has 2 rings (SSSR count). The van der Waals surface area contributed by atoms with Crippen molar-refractivity contribution in [3.8, 4) is 0 Å². The van der Waals surface area contributed by atoms with E-state index in [4.69, 9.17) is 9.73 Å². The summed E-state index contributed by atoms with van der Waals surface area (Å²) < 4.78 is 6.51. The topological polar surface area (TPSA) is 24.8 Å². The van der Waals surface area contributed by atoms with Crippen LogP contribution in [0, 0.1) is 11.8 Å². The minimum absolute atomic E-state index is 0.447. The van der Waals surface area contributed by atoms with Crippen molar-refractivity contribution < 1.29 is 4.74 Å². The molecule has 0 radical (unpaired) electrons. The zero-order chi connectivity index (χ0) is 18.4. The van der Waals surface area contributed by atoms with Gasteiger partial charge < -0.3 is 4.74 Å². The van der Waals surface area contributed by atoms with Gasteiger partial charge in [-0.3, -0.25) is 4.90 Å². The second-order valence-electron chi connectivity index (χ2n) is 7.31. The lowest BCUT2D eigenvalue weighted by molar-refractivity contribution is 0.0421. The van der Waals surface area contributed by atoms with Crippen molar-refractivity contribution in [1.29, 1.82) is 0 Å². The molecule has 0 N–H and O–H groups in total. The molecule has 0 spiro atoms. The van der Waals surface area contributed by atoms with E-state index in [2.05, 4.69) is 61.2 Å². The van der Waals surface area contributed by atoms with Crippen LogP contribution in [-0.2, 0) is 4.74 Å². The first kappa shape index (κ1) is 20.6. The third kappa shape index (κ3) is 5.63. The number of rotatable bonds is 8. The van der Waals surface area contributed by atoms with Gasteiger partial charge in [0.1, 0.15) is 0 Å². The number of nitrogens with zero attached hydrogens (tertiary/aromatic N) is 2. The summed E-state index contributed by atoms with van der Waals surface area (Å²) in [6.45, 7) is 18.1. The summed E-state index contributed by atoms with van der Waals surface area (Å²) in [5, 5.41) is 0. The Morgan fingerprint density at radius 3 is 2.48 bits per heavy atom. The summed E-state index contributed by atoms with van der Waals surface area (Å²) in [7, 11) is 0. The lowest BCUT2D eigenvalue weighted by atomic mass is 9.91. The molecular weight excluding hydrogens is 376 g/mol. The molecule has 1 heterocycles. The molecule has 140 valence electrons. The molecule has 25 heavy (non-hydrogen) atoms. The van der Waals surface area contributed by atoms with Crippen LogP contribution >= 0.6 is 15.9 Å². The molecule has 0 aromatic carbocycles. The summed E-state index contributed by atoms with van der Waals surface area (Å²) in [5.41, 5.74) is 5.14. The molecular formula is C21H33BrN2O. The second kappa shape index (κ2) is 9.84. The first-order valence-corrected chi connectivity index (χ1v) is 10.4. The number of hydrogen-bond donors (Lipinski definition) is 0. The SMILES string of the molecule is C=C(C1=C(/N=C(/Br)C(C)CC)C=C(CN2CCOCC2)C1)C(C)CC. The minimum Gasteiger partial charge on any atom is -0.379 e. The maximum atomic E-state index is 5.47. The van der Waals surface area contributed by atoms with Crippen LogP contribution < -0.4 is 0 Å². The van der Waals surface area contributed by atoms with Gasteiger partial charge in [-0.2, -0.15) is 0 Å². The van der Waals surface area contributed by atoms with Gasteiger partial charge in [0.25, 0.3) is 0 Å². The van der Waals surface area contributed by atoms with Crippen LogP contribution in [-0.4, -0.2) is 42.4 Å². The summed E-state index contributed by atoms with van der Waals surface area (Å²) in [6.07, 6.45) is 5.48. The predicted octanol–water partition coefficient (Wildman–Crippen LogP) is 5.34. The van der Waals surface area contributed by atoms with Crippen molar-refractivity contribution in [1.82, 2.24) is 4.90 Å². The smallest absolute Gasteiger partial charge is 0.0864 e. The zero-order valence-corrected chi connectivity index (χ0v) is 17.9. The fourth-order valence-electron chi connectivity index (χ4n) is 3.11. The lowest BCUT2D eigenvalue weighted by Crippen LogP contribution is -2.37. The molecule has 2 atom stereocenters. The van der Waals surface area contributed by atoms with Gasteiger partial charge in [-0.25, -0.2) is 4.99 Å². The highest BCUT2D eigenvalue weighted by atomic mass is 79.9. The molecule has 4 heteroatoms. The van der Waals surface area contributed by atoms with Crippen molar-refractivity contribution in [2.24, 2.45) is 16.8 Å². The average Bonchev–Trinajstić information content (AvgIpc) is 3.02. The zero-order valence-electron chi connectivity index (χ0n) is 16.3. The van der Waals surface area contributed by atoms with Gasteiger partial charge in [-0.15, -0.1) is 0 Å².